The molecular formula is C23H31FN4OS. The second kappa shape index (κ2) is 11.7. The number of aryl methyl sites for hydroxylation is 1. The van der Waals surface area contributed by atoms with Crippen LogP contribution in [0.4, 0.5) is 4.39 Å². The Morgan fingerprint density at radius 2 is 2.00 bits per heavy atom. The number of aliphatic hydroxyl groups is 1. The van der Waals surface area contributed by atoms with E-state index in [1.807, 2.05) is 45.8 Å². The smallest absolute Gasteiger partial charge is 0.126 e. The van der Waals surface area contributed by atoms with Gasteiger partial charge in [-0.05, 0) is 69.7 Å². The maximum atomic E-state index is 13.2. The summed E-state index contributed by atoms with van der Waals surface area (Å²) in [5, 5.41) is 16.1. The number of halogens is 1. The lowest BCUT2D eigenvalue weighted by Crippen LogP contribution is -2.35. The zero-order valence-corrected chi connectivity index (χ0v) is 19.2. The van der Waals surface area contributed by atoms with Gasteiger partial charge >= 0.3 is 0 Å². The van der Waals surface area contributed by atoms with E-state index < -0.39 is 0 Å². The predicted molar refractivity (Wildman–Crippen MR) is 127 cm³/mol. The van der Waals surface area contributed by atoms with Crippen LogP contribution in [0, 0.1) is 12.7 Å². The molecule has 0 saturated heterocycles. The third kappa shape index (κ3) is 6.57. The molecule has 2 atom stereocenters. The first-order valence-corrected chi connectivity index (χ1v) is 11.0. The van der Waals surface area contributed by atoms with E-state index in [0.717, 1.165) is 33.0 Å². The van der Waals surface area contributed by atoms with E-state index in [-0.39, 0.29) is 24.5 Å². The Bertz CT molecular complexity index is 885. The molecule has 1 heterocycles. The molecule has 0 radical (unpaired) electrons. The van der Waals surface area contributed by atoms with E-state index in [1.54, 1.807) is 29.7 Å². The normalized spacial score (nSPS) is 14.6. The van der Waals surface area contributed by atoms with Crippen molar-refractivity contribution in [1.29, 1.82) is 0 Å². The van der Waals surface area contributed by atoms with E-state index in [0.29, 0.717) is 6.67 Å². The van der Waals surface area contributed by atoms with Crippen LogP contribution in [0.15, 0.2) is 45.4 Å². The summed E-state index contributed by atoms with van der Waals surface area (Å²) in [5.74, 6) is -0.234. The number of hydrazone groups is 1. The average Bonchev–Trinajstić information content (AvgIpc) is 3.11. The molecule has 0 spiro atoms. The van der Waals surface area contributed by atoms with Crippen molar-refractivity contribution in [3.8, 4) is 10.4 Å². The minimum atomic E-state index is -0.234. The van der Waals surface area contributed by atoms with Gasteiger partial charge in [0.05, 0.1) is 24.4 Å². The number of nitrogens with zero attached hydrogens (tertiary/aromatic N) is 4. The van der Waals surface area contributed by atoms with Crippen LogP contribution >= 0.6 is 11.3 Å². The minimum absolute atomic E-state index is 0.0325. The summed E-state index contributed by atoms with van der Waals surface area (Å²) in [4.78, 5) is 11.1. The van der Waals surface area contributed by atoms with E-state index in [2.05, 4.69) is 21.2 Å². The maximum Gasteiger partial charge on any atom is 0.126 e. The monoisotopic (exact) mass is 430 g/mol. The lowest BCUT2D eigenvalue weighted by molar-refractivity contribution is 0.126. The van der Waals surface area contributed by atoms with Crippen LogP contribution in [-0.2, 0) is 0 Å². The molecule has 1 N–H and O–H groups in total. The number of aliphatic hydroxyl groups excluding tert-OH is 1. The summed E-state index contributed by atoms with van der Waals surface area (Å²) in [6, 6.07) is 8.46. The predicted octanol–water partition coefficient (Wildman–Crippen LogP) is 5.17. The van der Waals surface area contributed by atoms with Crippen molar-refractivity contribution < 1.29 is 9.50 Å². The van der Waals surface area contributed by atoms with Crippen LogP contribution in [0.3, 0.4) is 0 Å². The van der Waals surface area contributed by atoms with Crippen LogP contribution in [-0.4, -0.2) is 53.6 Å². The van der Waals surface area contributed by atoms with Crippen LogP contribution < -0.4 is 0 Å². The van der Waals surface area contributed by atoms with E-state index in [1.165, 1.54) is 12.1 Å². The highest BCUT2D eigenvalue weighted by Gasteiger charge is 2.15. The standard InChI is InChI=1S/C23H31FN4OS/c1-6-21(14-29)28(15-25-7-2)27-18(5)17(4)26-13-23-16(3)12-22(30-23)19-8-10-20(24)11-9-19/h7-13,17,21,29H,6,14-15H2,1-5H3/b25-7+,26-13?,27-18-. The molecule has 2 unspecified atom stereocenters. The van der Waals surface area contributed by atoms with E-state index in [4.69, 9.17) is 0 Å². The van der Waals surface area contributed by atoms with Crippen molar-refractivity contribution in [3.63, 3.8) is 0 Å². The fourth-order valence-electron chi connectivity index (χ4n) is 2.78. The highest BCUT2D eigenvalue weighted by Crippen LogP contribution is 2.30. The topological polar surface area (TPSA) is 60.5 Å². The van der Waals surface area contributed by atoms with E-state index >= 15 is 0 Å². The van der Waals surface area contributed by atoms with Gasteiger partial charge in [-0.1, -0.05) is 19.1 Å². The number of hydrogen-bond acceptors (Lipinski definition) is 6. The van der Waals surface area contributed by atoms with Crippen molar-refractivity contribution in [2.75, 3.05) is 13.3 Å². The van der Waals surface area contributed by atoms with Gasteiger partial charge in [-0.3, -0.25) is 15.0 Å². The van der Waals surface area contributed by atoms with Crippen molar-refractivity contribution >= 4 is 29.5 Å². The van der Waals surface area contributed by atoms with Gasteiger partial charge in [-0.25, -0.2) is 4.39 Å². The summed E-state index contributed by atoms with van der Waals surface area (Å²) >= 11 is 1.64. The zero-order chi connectivity index (χ0) is 22.1. The van der Waals surface area contributed by atoms with Crippen molar-refractivity contribution in [2.24, 2.45) is 15.1 Å². The quantitative estimate of drug-likeness (QED) is 0.418. The number of aliphatic imine (C=N–C) groups is 2. The maximum absolute atomic E-state index is 13.2. The second-order valence-electron chi connectivity index (χ2n) is 7.13. The number of rotatable bonds is 10. The fourth-order valence-corrected chi connectivity index (χ4v) is 3.84. The summed E-state index contributed by atoms with van der Waals surface area (Å²) in [6.45, 7) is 10.3. The van der Waals surface area contributed by atoms with Gasteiger partial charge in [0.2, 0.25) is 0 Å². The Kier molecular flexibility index (Phi) is 9.33. The van der Waals surface area contributed by atoms with Crippen LogP contribution in [0.25, 0.3) is 10.4 Å². The first kappa shape index (κ1) is 23.9. The number of benzene rings is 1. The molecule has 0 saturated carbocycles. The minimum Gasteiger partial charge on any atom is -0.394 e. The SMILES string of the molecule is C/C=N/CN(/N=C(/C)C(C)N=Cc1sc(-c2ccc(F)cc2)cc1C)C(CC)CO. The Morgan fingerprint density at radius 1 is 1.30 bits per heavy atom. The van der Waals surface area contributed by atoms with Gasteiger partial charge in [0, 0.05) is 16.0 Å². The molecule has 0 fully saturated rings. The van der Waals surface area contributed by atoms with Crippen LogP contribution in [0.5, 0.6) is 0 Å². The van der Waals surface area contributed by atoms with Crippen LogP contribution in [0.1, 0.15) is 44.6 Å². The van der Waals surface area contributed by atoms with Crippen molar-refractivity contribution in [3.05, 3.63) is 46.6 Å². The lowest BCUT2D eigenvalue weighted by Gasteiger charge is -2.26. The Balaban J connectivity index is 2.16. The summed E-state index contributed by atoms with van der Waals surface area (Å²) in [6.07, 6.45) is 4.40. The van der Waals surface area contributed by atoms with Gasteiger partial charge in [0.15, 0.2) is 0 Å². The van der Waals surface area contributed by atoms with Gasteiger partial charge in [-0.2, -0.15) is 5.10 Å². The molecular weight excluding hydrogens is 399 g/mol. The second-order valence-corrected chi connectivity index (χ2v) is 8.21. The van der Waals surface area contributed by atoms with E-state index in [9.17, 15) is 9.50 Å². The zero-order valence-electron chi connectivity index (χ0n) is 18.3. The third-order valence-corrected chi connectivity index (χ3v) is 6.12. The third-order valence-electron chi connectivity index (χ3n) is 4.90. The lowest BCUT2D eigenvalue weighted by atomic mass is 10.1. The Morgan fingerprint density at radius 3 is 2.60 bits per heavy atom. The first-order valence-electron chi connectivity index (χ1n) is 10.2. The molecule has 0 amide bonds. The highest BCUT2D eigenvalue weighted by molar-refractivity contribution is 7.17. The molecule has 2 rings (SSSR count). The van der Waals surface area contributed by atoms with Crippen molar-refractivity contribution in [1.82, 2.24) is 5.01 Å². The molecule has 162 valence electrons. The van der Waals surface area contributed by atoms with Crippen LogP contribution in [0.2, 0.25) is 0 Å². The molecule has 7 heteroatoms. The fraction of sp³-hybridized carbons (Fsp3) is 0.435. The molecule has 30 heavy (non-hydrogen) atoms. The Hall–Kier alpha value is -2.38. The number of hydrogen-bond donors (Lipinski definition) is 1. The highest BCUT2D eigenvalue weighted by atomic mass is 32.1. The first-order chi connectivity index (χ1) is 14.4. The average molecular weight is 431 g/mol. The largest absolute Gasteiger partial charge is 0.394 e. The summed E-state index contributed by atoms with van der Waals surface area (Å²) < 4.78 is 13.2. The number of thiophene rings is 1. The van der Waals surface area contributed by atoms with Gasteiger partial charge in [0.25, 0.3) is 0 Å². The molecule has 2 aromatic rings. The molecule has 0 aliphatic heterocycles. The molecule has 5 nitrogen and oxygen atoms in total. The van der Waals surface area contributed by atoms with Crippen molar-refractivity contribution in [2.45, 2.75) is 53.1 Å². The molecule has 0 bridgehead atoms. The molecule has 0 aliphatic rings. The molecule has 0 aliphatic carbocycles. The summed E-state index contributed by atoms with van der Waals surface area (Å²) in [7, 11) is 0. The molecule has 1 aromatic carbocycles. The summed E-state index contributed by atoms with van der Waals surface area (Å²) in [5.41, 5.74) is 2.99. The molecule has 1 aromatic heterocycles. The van der Waals surface area contributed by atoms with Gasteiger partial charge in [0.1, 0.15) is 12.5 Å². The van der Waals surface area contributed by atoms with Gasteiger partial charge < -0.3 is 5.11 Å². The Labute approximate surface area is 182 Å². The van der Waals surface area contributed by atoms with Gasteiger partial charge in [-0.15, -0.1) is 11.3 Å².